The molecule has 0 atom stereocenters. The molecule has 56 valence electrons. The first-order valence-electron chi connectivity index (χ1n) is 2.89. The molecule has 0 aliphatic carbocycles. The summed E-state index contributed by atoms with van der Waals surface area (Å²) in [7, 11) is 0. The van der Waals surface area contributed by atoms with Crippen molar-refractivity contribution in [1.82, 2.24) is 9.36 Å². The lowest BCUT2D eigenvalue weighted by molar-refractivity contribution is 0.582. The van der Waals surface area contributed by atoms with Crippen molar-refractivity contribution < 1.29 is 4.42 Å². The van der Waals surface area contributed by atoms with E-state index >= 15 is 0 Å². The minimum absolute atomic E-state index is 0.265. The second-order valence-electron chi connectivity index (χ2n) is 1.85. The average Bonchev–Trinajstić information content (AvgIpc) is 2.55. The lowest BCUT2D eigenvalue weighted by Gasteiger charge is -1.82. The van der Waals surface area contributed by atoms with Crippen molar-refractivity contribution in [2.24, 2.45) is 0 Å². The molecule has 0 amide bonds. The SMILES string of the molecule is Clc1nsc(-c2ccco2)n1. The Hall–Kier alpha value is -0.870. The highest BCUT2D eigenvalue weighted by Crippen LogP contribution is 2.22. The van der Waals surface area contributed by atoms with Crippen LogP contribution in [0, 0.1) is 0 Å². The number of nitrogens with zero attached hydrogens (tertiary/aromatic N) is 2. The summed E-state index contributed by atoms with van der Waals surface area (Å²) in [6.45, 7) is 0. The maximum Gasteiger partial charge on any atom is 0.234 e. The molecule has 11 heavy (non-hydrogen) atoms. The van der Waals surface area contributed by atoms with Gasteiger partial charge in [-0.1, -0.05) is 0 Å². The van der Waals surface area contributed by atoms with Crippen molar-refractivity contribution in [2.75, 3.05) is 0 Å². The molecule has 0 aromatic carbocycles. The highest BCUT2D eigenvalue weighted by atomic mass is 35.5. The minimum atomic E-state index is 0.265. The topological polar surface area (TPSA) is 38.9 Å². The van der Waals surface area contributed by atoms with Crippen LogP contribution < -0.4 is 0 Å². The fraction of sp³-hybridized carbons (Fsp3) is 0. The van der Waals surface area contributed by atoms with E-state index in [-0.39, 0.29) is 5.28 Å². The summed E-state index contributed by atoms with van der Waals surface area (Å²) < 4.78 is 8.89. The average molecular weight is 187 g/mol. The van der Waals surface area contributed by atoms with Gasteiger partial charge in [0.25, 0.3) is 0 Å². The van der Waals surface area contributed by atoms with Gasteiger partial charge in [0.1, 0.15) is 0 Å². The first-order chi connectivity index (χ1) is 5.36. The molecule has 0 fully saturated rings. The molecule has 5 heteroatoms. The van der Waals surface area contributed by atoms with Gasteiger partial charge in [-0.3, -0.25) is 0 Å². The third kappa shape index (κ3) is 1.27. The van der Waals surface area contributed by atoms with Crippen LogP contribution in [-0.2, 0) is 0 Å². The van der Waals surface area contributed by atoms with Crippen molar-refractivity contribution >= 4 is 23.1 Å². The van der Waals surface area contributed by atoms with Crippen molar-refractivity contribution in [1.29, 1.82) is 0 Å². The zero-order valence-corrected chi connectivity index (χ0v) is 6.89. The minimum Gasteiger partial charge on any atom is -0.462 e. The molecule has 2 aromatic rings. The van der Waals surface area contributed by atoms with Gasteiger partial charge in [-0.25, -0.2) is 4.98 Å². The number of halogens is 1. The summed E-state index contributed by atoms with van der Waals surface area (Å²) >= 11 is 6.74. The number of rotatable bonds is 1. The molecule has 0 radical (unpaired) electrons. The van der Waals surface area contributed by atoms with E-state index in [1.165, 1.54) is 11.5 Å². The monoisotopic (exact) mass is 186 g/mol. The van der Waals surface area contributed by atoms with Crippen LogP contribution in [0.5, 0.6) is 0 Å². The van der Waals surface area contributed by atoms with Gasteiger partial charge in [-0.2, -0.15) is 4.37 Å². The van der Waals surface area contributed by atoms with Crippen LogP contribution >= 0.6 is 23.1 Å². The van der Waals surface area contributed by atoms with Gasteiger partial charge in [0.2, 0.25) is 5.28 Å². The van der Waals surface area contributed by atoms with Crippen LogP contribution in [0.1, 0.15) is 0 Å². The van der Waals surface area contributed by atoms with Gasteiger partial charge in [0.15, 0.2) is 10.8 Å². The molecular formula is C6H3ClN2OS. The van der Waals surface area contributed by atoms with E-state index in [4.69, 9.17) is 16.0 Å². The third-order valence-electron chi connectivity index (χ3n) is 1.13. The molecule has 0 bridgehead atoms. The van der Waals surface area contributed by atoms with Crippen molar-refractivity contribution in [3.05, 3.63) is 23.7 Å². The van der Waals surface area contributed by atoms with E-state index in [2.05, 4.69) is 9.36 Å². The van der Waals surface area contributed by atoms with Crippen LogP contribution in [0.2, 0.25) is 5.28 Å². The molecular weight excluding hydrogens is 184 g/mol. The number of aromatic nitrogens is 2. The molecule has 0 aliphatic rings. The van der Waals surface area contributed by atoms with E-state index < -0.39 is 0 Å². The Balaban J connectivity index is 2.45. The van der Waals surface area contributed by atoms with Gasteiger partial charge in [-0.05, 0) is 35.3 Å². The molecule has 3 nitrogen and oxygen atoms in total. The molecule has 2 heterocycles. The van der Waals surface area contributed by atoms with Crippen LogP contribution in [0.3, 0.4) is 0 Å². The Bertz CT molecular complexity index is 343. The second kappa shape index (κ2) is 2.64. The van der Waals surface area contributed by atoms with Gasteiger partial charge in [-0.15, -0.1) is 0 Å². The summed E-state index contributed by atoms with van der Waals surface area (Å²) in [6.07, 6.45) is 1.59. The summed E-state index contributed by atoms with van der Waals surface area (Å²) in [4.78, 5) is 3.93. The molecule has 0 unspecified atom stereocenters. The molecule has 0 aliphatic heterocycles. The molecule has 0 spiro atoms. The second-order valence-corrected chi connectivity index (χ2v) is 2.94. The highest BCUT2D eigenvalue weighted by molar-refractivity contribution is 7.09. The van der Waals surface area contributed by atoms with E-state index in [9.17, 15) is 0 Å². The molecule has 2 rings (SSSR count). The largest absolute Gasteiger partial charge is 0.462 e. The summed E-state index contributed by atoms with van der Waals surface area (Å²) in [5, 5.41) is 0.974. The Kier molecular flexibility index (Phi) is 1.63. The standard InChI is InChI=1S/C6H3ClN2OS/c7-6-8-5(11-9-6)4-2-1-3-10-4/h1-3H. The normalized spacial score (nSPS) is 10.3. The highest BCUT2D eigenvalue weighted by Gasteiger charge is 2.05. The fourth-order valence-corrected chi connectivity index (χ4v) is 1.48. The number of hydrogen-bond acceptors (Lipinski definition) is 4. The number of furan rings is 1. The summed E-state index contributed by atoms with van der Waals surface area (Å²) in [5.41, 5.74) is 0. The summed E-state index contributed by atoms with van der Waals surface area (Å²) in [6, 6.07) is 3.61. The van der Waals surface area contributed by atoms with E-state index in [1.807, 2.05) is 6.07 Å². The Morgan fingerprint density at radius 3 is 3.00 bits per heavy atom. The Morgan fingerprint density at radius 1 is 1.55 bits per heavy atom. The van der Waals surface area contributed by atoms with E-state index in [0.29, 0.717) is 10.8 Å². The predicted molar refractivity (Wildman–Crippen MR) is 42.6 cm³/mol. The maximum atomic E-state index is 5.52. The van der Waals surface area contributed by atoms with Crippen LogP contribution in [0.4, 0.5) is 0 Å². The van der Waals surface area contributed by atoms with Gasteiger partial charge < -0.3 is 4.42 Å². The Labute approximate surface area is 71.8 Å². The fourth-order valence-electron chi connectivity index (χ4n) is 0.706. The predicted octanol–water partition coefficient (Wildman–Crippen LogP) is 2.45. The lowest BCUT2D eigenvalue weighted by Crippen LogP contribution is -1.68. The molecule has 0 N–H and O–H groups in total. The van der Waals surface area contributed by atoms with Gasteiger partial charge >= 0.3 is 0 Å². The van der Waals surface area contributed by atoms with Crippen molar-refractivity contribution in [3.8, 4) is 10.8 Å². The Morgan fingerprint density at radius 2 is 2.45 bits per heavy atom. The molecule has 0 saturated heterocycles. The van der Waals surface area contributed by atoms with Crippen molar-refractivity contribution in [3.63, 3.8) is 0 Å². The first kappa shape index (κ1) is 6.82. The quantitative estimate of drug-likeness (QED) is 0.687. The van der Waals surface area contributed by atoms with Gasteiger partial charge in [0, 0.05) is 0 Å². The van der Waals surface area contributed by atoms with Crippen LogP contribution in [-0.4, -0.2) is 9.36 Å². The van der Waals surface area contributed by atoms with E-state index in [0.717, 1.165) is 0 Å². The molecule has 0 saturated carbocycles. The zero-order chi connectivity index (χ0) is 7.68. The smallest absolute Gasteiger partial charge is 0.234 e. The van der Waals surface area contributed by atoms with Crippen molar-refractivity contribution in [2.45, 2.75) is 0 Å². The van der Waals surface area contributed by atoms with Crippen LogP contribution in [0.25, 0.3) is 10.8 Å². The molecule has 2 aromatic heterocycles. The van der Waals surface area contributed by atoms with Crippen LogP contribution in [0.15, 0.2) is 22.8 Å². The van der Waals surface area contributed by atoms with Gasteiger partial charge in [0.05, 0.1) is 6.26 Å². The third-order valence-corrected chi connectivity index (χ3v) is 2.13. The maximum absolute atomic E-state index is 5.52. The zero-order valence-electron chi connectivity index (χ0n) is 5.32. The van der Waals surface area contributed by atoms with E-state index in [1.54, 1.807) is 12.3 Å². The summed E-state index contributed by atoms with van der Waals surface area (Å²) in [5.74, 6) is 0.703. The lowest BCUT2D eigenvalue weighted by atomic mass is 10.5. The first-order valence-corrected chi connectivity index (χ1v) is 4.04. The number of hydrogen-bond donors (Lipinski definition) is 0.